The van der Waals surface area contributed by atoms with Gasteiger partial charge in [0.2, 0.25) is 10.0 Å². The van der Waals surface area contributed by atoms with Gasteiger partial charge in [-0.2, -0.15) is 0 Å². The fourth-order valence-electron chi connectivity index (χ4n) is 3.76. The Morgan fingerprint density at radius 3 is 2.84 bits per heavy atom. The Bertz CT molecular complexity index is 1190. The number of benzene rings is 1. The van der Waals surface area contributed by atoms with Gasteiger partial charge in [-0.05, 0) is 49.1 Å². The van der Waals surface area contributed by atoms with Gasteiger partial charge in [0, 0.05) is 36.9 Å². The highest BCUT2D eigenvalue weighted by atomic mass is 32.2. The average molecular weight is 441 g/mol. The van der Waals surface area contributed by atoms with Crippen molar-refractivity contribution < 1.29 is 13.2 Å². The summed E-state index contributed by atoms with van der Waals surface area (Å²) in [6.45, 7) is 1.93. The molecular formula is C21H24N6O3S. The van der Waals surface area contributed by atoms with E-state index in [4.69, 9.17) is 0 Å². The van der Waals surface area contributed by atoms with E-state index in [9.17, 15) is 13.2 Å². The number of amides is 1. The molecule has 10 heteroatoms. The molecule has 0 aliphatic carbocycles. The number of piperidine rings is 1. The van der Waals surface area contributed by atoms with Gasteiger partial charge in [-0.1, -0.05) is 6.07 Å². The van der Waals surface area contributed by atoms with Gasteiger partial charge in [-0.3, -0.25) is 9.78 Å². The second kappa shape index (κ2) is 8.94. The van der Waals surface area contributed by atoms with Crippen molar-refractivity contribution in [2.75, 3.05) is 36.1 Å². The predicted molar refractivity (Wildman–Crippen MR) is 120 cm³/mol. The zero-order valence-corrected chi connectivity index (χ0v) is 18.0. The Morgan fingerprint density at radius 2 is 2.06 bits per heavy atom. The van der Waals surface area contributed by atoms with Crippen molar-refractivity contribution in [1.82, 2.24) is 19.7 Å². The lowest BCUT2D eigenvalue weighted by Gasteiger charge is -2.34. The van der Waals surface area contributed by atoms with E-state index in [0.29, 0.717) is 24.5 Å². The van der Waals surface area contributed by atoms with Crippen LogP contribution in [0.5, 0.6) is 0 Å². The summed E-state index contributed by atoms with van der Waals surface area (Å²) in [6, 6.07) is 10.7. The number of carbonyl (C=O) groups is 1. The molecule has 2 N–H and O–H groups in total. The van der Waals surface area contributed by atoms with Crippen LogP contribution in [0, 0.1) is 5.92 Å². The highest BCUT2D eigenvalue weighted by Crippen LogP contribution is 2.29. The number of sulfonamides is 1. The van der Waals surface area contributed by atoms with Crippen LogP contribution in [-0.4, -0.2) is 55.2 Å². The fourth-order valence-corrected chi connectivity index (χ4v) is 4.30. The fraction of sp³-hybridized carbons (Fsp3) is 0.333. The number of nitrogens with zero attached hydrogens (tertiary/aromatic N) is 4. The first kappa shape index (κ1) is 21.1. The van der Waals surface area contributed by atoms with Crippen LogP contribution in [-0.2, 0) is 10.0 Å². The van der Waals surface area contributed by atoms with Crippen LogP contribution in [0.2, 0.25) is 0 Å². The minimum atomic E-state index is -3.22. The molecule has 9 nitrogen and oxygen atoms in total. The second-order valence-corrected chi connectivity index (χ2v) is 9.51. The van der Waals surface area contributed by atoms with Crippen LogP contribution >= 0.6 is 0 Å². The van der Waals surface area contributed by atoms with Crippen molar-refractivity contribution in [2.24, 2.45) is 5.92 Å². The first-order valence-electron chi connectivity index (χ1n) is 10.1. The highest BCUT2D eigenvalue weighted by Gasteiger charge is 2.23. The van der Waals surface area contributed by atoms with Crippen molar-refractivity contribution in [3.63, 3.8) is 0 Å². The van der Waals surface area contributed by atoms with E-state index in [-0.39, 0.29) is 11.8 Å². The summed E-state index contributed by atoms with van der Waals surface area (Å²) in [5.41, 5.74) is 1.74. The maximum absolute atomic E-state index is 12.5. The standard InChI is InChI=1S/C21H24N6O3S/c1-31(29,30)25-12-15-5-4-10-27(13-15)20-17-11-16(7-8-18(17)23-14-24-20)26-21(28)19-6-2-3-9-22-19/h2-3,6-9,11,14-15,25H,4-5,10,12-13H2,1H3,(H,26,28). The van der Waals surface area contributed by atoms with Gasteiger partial charge >= 0.3 is 0 Å². The summed E-state index contributed by atoms with van der Waals surface area (Å²) in [4.78, 5) is 27.5. The first-order valence-corrected chi connectivity index (χ1v) is 11.9. The van der Waals surface area contributed by atoms with Crippen LogP contribution in [0.1, 0.15) is 23.3 Å². The maximum Gasteiger partial charge on any atom is 0.274 e. The average Bonchev–Trinajstić information content (AvgIpc) is 2.77. The minimum absolute atomic E-state index is 0.195. The number of aromatic nitrogens is 3. The summed E-state index contributed by atoms with van der Waals surface area (Å²) in [7, 11) is -3.22. The molecule has 3 heterocycles. The van der Waals surface area contributed by atoms with Crippen LogP contribution in [0.3, 0.4) is 0 Å². The molecule has 0 bridgehead atoms. The normalized spacial score (nSPS) is 16.9. The second-order valence-electron chi connectivity index (χ2n) is 7.67. The largest absolute Gasteiger partial charge is 0.356 e. The summed E-state index contributed by atoms with van der Waals surface area (Å²) in [5.74, 6) is 0.687. The van der Waals surface area contributed by atoms with Gasteiger partial charge in [0.25, 0.3) is 5.91 Å². The predicted octanol–water partition coefficient (Wildman–Crippen LogP) is 2.04. The van der Waals surface area contributed by atoms with E-state index < -0.39 is 10.0 Å². The van der Waals surface area contributed by atoms with E-state index >= 15 is 0 Å². The number of nitrogens with one attached hydrogen (secondary N) is 2. The third-order valence-corrected chi connectivity index (χ3v) is 5.91. The maximum atomic E-state index is 12.5. The Morgan fingerprint density at radius 1 is 1.19 bits per heavy atom. The molecule has 2 aromatic heterocycles. The molecule has 1 amide bonds. The zero-order chi connectivity index (χ0) is 21.8. The summed E-state index contributed by atoms with van der Waals surface area (Å²) >= 11 is 0. The molecule has 162 valence electrons. The molecule has 1 aromatic carbocycles. The van der Waals surface area contributed by atoms with Crippen molar-refractivity contribution in [1.29, 1.82) is 0 Å². The highest BCUT2D eigenvalue weighted by molar-refractivity contribution is 7.88. The minimum Gasteiger partial charge on any atom is -0.356 e. The summed E-state index contributed by atoms with van der Waals surface area (Å²) < 4.78 is 25.5. The van der Waals surface area contributed by atoms with Gasteiger partial charge in [0.05, 0.1) is 11.8 Å². The first-order chi connectivity index (χ1) is 14.9. The zero-order valence-electron chi connectivity index (χ0n) is 17.2. The lowest BCUT2D eigenvalue weighted by Crippen LogP contribution is -2.41. The van der Waals surface area contributed by atoms with Crippen molar-refractivity contribution in [3.8, 4) is 0 Å². The monoisotopic (exact) mass is 440 g/mol. The molecule has 1 unspecified atom stereocenters. The SMILES string of the molecule is CS(=O)(=O)NCC1CCCN(c2ncnc3ccc(NC(=O)c4ccccn4)cc23)C1. The Hall–Kier alpha value is -3.11. The number of anilines is 2. The smallest absolute Gasteiger partial charge is 0.274 e. The van der Waals surface area contributed by atoms with Gasteiger partial charge in [-0.15, -0.1) is 0 Å². The van der Waals surface area contributed by atoms with Crippen LogP contribution in [0.15, 0.2) is 48.9 Å². The quantitative estimate of drug-likeness (QED) is 0.602. The molecule has 1 fully saturated rings. The van der Waals surface area contributed by atoms with Crippen LogP contribution < -0.4 is 14.9 Å². The Balaban J connectivity index is 1.56. The molecule has 1 aliphatic heterocycles. The van der Waals surface area contributed by atoms with Crippen molar-refractivity contribution in [2.45, 2.75) is 12.8 Å². The van der Waals surface area contributed by atoms with E-state index in [0.717, 1.165) is 36.1 Å². The lowest BCUT2D eigenvalue weighted by molar-refractivity contribution is 0.102. The molecule has 0 radical (unpaired) electrons. The summed E-state index contributed by atoms with van der Waals surface area (Å²) in [5, 5.41) is 3.71. The molecule has 3 aromatic rings. The molecular weight excluding hydrogens is 416 g/mol. The molecule has 0 saturated carbocycles. The van der Waals surface area contributed by atoms with Gasteiger partial charge in [0.1, 0.15) is 17.8 Å². The van der Waals surface area contributed by atoms with Crippen LogP contribution in [0.4, 0.5) is 11.5 Å². The lowest BCUT2D eigenvalue weighted by atomic mass is 9.98. The Kier molecular flexibility index (Phi) is 6.10. The molecule has 31 heavy (non-hydrogen) atoms. The number of rotatable bonds is 6. The third kappa shape index (κ3) is 5.33. The molecule has 4 rings (SSSR count). The van der Waals surface area contributed by atoms with E-state index in [1.54, 1.807) is 30.5 Å². The topological polar surface area (TPSA) is 117 Å². The number of hydrogen-bond donors (Lipinski definition) is 2. The molecule has 1 atom stereocenters. The molecule has 1 aliphatic rings. The van der Waals surface area contributed by atoms with Crippen LogP contribution in [0.25, 0.3) is 10.9 Å². The number of pyridine rings is 1. The van der Waals surface area contributed by atoms with Crippen molar-refractivity contribution in [3.05, 3.63) is 54.6 Å². The number of carbonyl (C=O) groups excluding carboxylic acids is 1. The van der Waals surface area contributed by atoms with Gasteiger partial charge < -0.3 is 10.2 Å². The van der Waals surface area contributed by atoms with E-state index in [1.165, 1.54) is 12.6 Å². The third-order valence-electron chi connectivity index (χ3n) is 5.22. The number of hydrogen-bond acceptors (Lipinski definition) is 7. The number of fused-ring (bicyclic) bond motifs is 1. The summed E-state index contributed by atoms with van der Waals surface area (Å²) in [6.07, 6.45) is 6.17. The van der Waals surface area contributed by atoms with E-state index in [2.05, 4.69) is 29.9 Å². The Labute approximate surface area is 181 Å². The molecule has 0 spiro atoms. The molecule has 1 saturated heterocycles. The van der Waals surface area contributed by atoms with Gasteiger partial charge in [-0.25, -0.2) is 23.1 Å². The van der Waals surface area contributed by atoms with E-state index in [1.807, 2.05) is 12.1 Å². The van der Waals surface area contributed by atoms with Gasteiger partial charge in [0.15, 0.2) is 0 Å². The van der Waals surface area contributed by atoms with Crippen molar-refractivity contribution >= 4 is 38.3 Å².